The minimum absolute atomic E-state index is 0.748. The third-order valence-electron chi connectivity index (χ3n) is 3.94. The topological polar surface area (TPSA) is 16.1 Å². The summed E-state index contributed by atoms with van der Waals surface area (Å²) in [5, 5.41) is 2.08. The molecule has 0 fully saturated rings. The molecule has 0 amide bonds. The Kier molecular flexibility index (Phi) is 3.28. The summed E-state index contributed by atoms with van der Waals surface area (Å²) in [6.45, 7) is 2.86. The predicted molar refractivity (Wildman–Crippen MR) is 96.6 cm³/mol. The number of rotatable bonds is 2. The minimum atomic E-state index is 0.748. The summed E-state index contributed by atoms with van der Waals surface area (Å²) >= 11 is 7.38. The van der Waals surface area contributed by atoms with Crippen LogP contribution in [0.4, 0.5) is 5.69 Å². The summed E-state index contributed by atoms with van der Waals surface area (Å²) < 4.78 is 0. The van der Waals surface area contributed by atoms with Crippen molar-refractivity contribution < 1.29 is 0 Å². The SMILES string of the molecule is Cc1ccccc1N1Cc2nc(-c3cccs3)ccc2C1=S. The van der Waals surface area contributed by atoms with Gasteiger partial charge in [0.25, 0.3) is 0 Å². The van der Waals surface area contributed by atoms with E-state index in [-0.39, 0.29) is 0 Å². The number of benzene rings is 1. The van der Waals surface area contributed by atoms with Gasteiger partial charge in [0.2, 0.25) is 0 Å². The van der Waals surface area contributed by atoms with Crippen molar-refractivity contribution in [1.29, 1.82) is 0 Å². The zero-order chi connectivity index (χ0) is 15.1. The molecule has 0 bridgehead atoms. The van der Waals surface area contributed by atoms with Crippen LogP contribution in [0.1, 0.15) is 16.8 Å². The Balaban J connectivity index is 1.74. The molecule has 2 nitrogen and oxygen atoms in total. The fourth-order valence-corrected chi connectivity index (χ4v) is 3.85. The summed E-state index contributed by atoms with van der Waals surface area (Å²) in [5.74, 6) is 0. The highest BCUT2D eigenvalue weighted by molar-refractivity contribution is 7.81. The molecule has 2 aromatic heterocycles. The highest BCUT2D eigenvalue weighted by Crippen LogP contribution is 2.32. The van der Waals surface area contributed by atoms with Gasteiger partial charge in [-0.25, -0.2) is 4.98 Å². The molecular formula is C18H14N2S2. The Morgan fingerprint density at radius 3 is 2.73 bits per heavy atom. The van der Waals surface area contributed by atoms with Crippen molar-refractivity contribution in [3.05, 3.63) is 70.7 Å². The van der Waals surface area contributed by atoms with E-state index in [2.05, 4.69) is 65.7 Å². The van der Waals surface area contributed by atoms with E-state index in [9.17, 15) is 0 Å². The van der Waals surface area contributed by atoms with E-state index in [1.165, 1.54) is 16.1 Å². The third-order valence-corrected chi connectivity index (χ3v) is 5.27. The Morgan fingerprint density at radius 1 is 1.09 bits per heavy atom. The molecule has 0 aliphatic carbocycles. The summed E-state index contributed by atoms with van der Waals surface area (Å²) in [4.78, 5) is 9.08. The number of aromatic nitrogens is 1. The number of fused-ring (bicyclic) bond motifs is 1. The second kappa shape index (κ2) is 5.30. The molecule has 108 valence electrons. The maximum Gasteiger partial charge on any atom is 0.115 e. The molecule has 0 N–H and O–H groups in total. The normalized spacial score (nSPS) is 13.5. The first kappa shape index (κ1) is 13.6. The predicted octanol–water partition coefficient (Wildman–Crippen LogP) is 4.81. The molecule has 22 heavy (non-hydrogen) atoms. The van der Waals surface area contributed by atoms with Crippen molar-refractivity contribution in [2.24, 2.45) is 0 Å². The van der Waals surface area contributed by atoms with E-state index in [1.807, 2.05) is 0 Å². The van der Waals surface area contributed by atoms with E-state index >= 15 is 0 Å². The standard InChI is InChI=1S/C18H14N2S2/c1-12-5-2-3-6-16(12)20-11-15-13(18(20)21)8-9-14(19-15)17-7-4-10-22-17/h2-10H,11H2,1H3. The van der Waals surface area contributed by atoms with Gasteiger partial charge in [-0.3, -0.25) is 0 Å². The van der Waals surface area contributed by atoms with Gasteiger partial charge in [-0.15, -0.1) is 11.3 Å². The Labute approximate surface area is 139 Å². The number of thiophene rings is 1. The van der Waals surface area contributed by atoms with E-state index in [1.54, 1.807) is 11.3 Å². The van der Waals surface area contributed by atoms with Crippen molar-refractivity contribution in [2.45, 2.75) is 13.5 Å². The van der Waals surface area contributed by atoms with Crippen molar-refractivity contribution in [3.63, 3.8) is 0 Å². The van der Waals surface area contributed by atoms with E-state index in [4.69, 9.17) is 17.2 Å². The van der Waals surface area contributed by atoms with Gasteiger partial charge in [0.05, 0.1) is 22.8 Å². The van der Waals surface area contributed by atoms with Crippen LogP contribution in [0.15, 0.2) is 53.9 Å². The number of aryl methyl sites for hydroxylation is 1. The van der Waals surface area contributed by atoms with Gasteiger partial charge >= 0.3 is 0 Å². The molecule has 4 heteroatoms. The molecule has 3 aromatic rings. The molecule has 1 aromatic carbocycles. The van der Waals surface area contributed by atoms with Crippen LogP contribution in [-0.4, -0.2) is 9.97 Å². The maximum atomic E-state index is 5.67. The van der Waals surface area contributed by atoms with Gasteiger partial charge in [0, 0.05) is 11.3 Å². The lowest BCUT2D eigenvalue weighted by Gasteiger charge is -2.19. The number of hydrogen-bond donors (Lipinski definition) is 0. The lowest BCUT2D eigenvalue weighted by atomic mass is 10.2. The second-order valence-corrected chi connectivity index (χ2v) is 6.68. The van der Waals surface area contributed by atoms with Gasteiger partial charge in [-0.2, -0.15) is 0 Å². The quantitative estimate of drug-likeness (QED) is 0.630. The molecular weight excluding hydrogens is 308 g/mol. The number of pyridine rings is 1. The zero-order valence-corrected chi connectivity index (χ0v) is 13.7. The summed E-state index contributed by atoms with van der Waals surface area (Å²) in [7, 11) is 0. The molecule has 0 spiro atoms. The van der Waals surface area contributed by atoms with Crippen LogP contribution in [0.3, 0.4) is 0 Å². The zero-order valence-electron chi connectivity index (χ0n) is 12.1. The van der Waals surface area contributed by atoms with Crippen LogP contribution < -0.4 is 4.90 Å². The minimum Gasteiger partial charge on any atom is -0.326 e. The van der Waals surface area contributed by atoms with Crippen LogP contribution in [0.25, 0.3) is 10.6 Å². The van der Waals surface area contributed by atoms with Crippen LogP contribution in [-0.2, 0) is 6.54 Å². The fraction of sp³-hybridized carbons (Fsp3) is 0.111. The largest absolute Gasteiger partial charge is 0.326 e. The third kappa shape index (κ3) is 2.16. The first-order valence-electron chi connectivity index (χ1n) is 7.15. The molecule has 0 unspecified atom stereocenters. The molecule has 1 aliphatic rings. The molecule has 0 saturated carbocycles. The van der Waals surface area contributed by atoms with E-state index in [0.29, 0.717) is 0 Å². The monoisotopic (exact) mass is 322 g/mol. The Morgan fingerprint density at radius 2 is 1.95 bits per heavy atom. The van der Waals surface area contributed by atoms with Crippen molar-refractivity contribution in [3.8, 4) is 10.6 Å². The van der Waals surface area contributed by atoms with Crippen LogP contribution >= 0.6 is 23.6 Å². The molecule has 4 rings (SSSR count). The first-order chi connectivity index (χ1) is 10.7. The number of thiocarbonyl (C=S) groups is 1. The molecule has 0 saturated heterocycles. The molecule has 0 atom stereocenters. The fourth-order valence-electron chi connectivity index (χ4n) is 2.81. The van der Waals surface area contributed by atoms with Crippen molar-refractivity contribution >= 4 is 34.2 Å². The van der Waals surface area contributed by atoms with E-state index < -0.39 is 0 Å². The van der Waals surface area contributed by atoms with Crippen LogP contribution in [0, 0.1) is 6.92 Å². The number of nitrogens with zero attached hydrogens (tertiary/aromatic N) is 2. The summed E-state index contributed by atoms with van der Waals surface area (Å²) in [6.07, 6.45) is 0. The highest BCUT2D eigenvalue weighted by atomic mass is 32.1. The van der Waals surface area contributed by atoms with Gasteiger partial charge in [0.1, 0.15) is 4.99 Å². The van der Waals surface area contributed by atoms with Crippen molar-refractivity contribution in [1.82, 2.24) is 4.98 Å². The Bertz CT molecular complexity index is 853. The smallest absolute Gasteiger partial charge is 0.115 e. The number of para-hydroxylation sites is 1. The van der Waals surface area contributed by atoms with Crippen molar-refractivity contribution in [2.75, 3.05) is 4.90 Å². The average molecular weight is 322 g/mol. The van der Waals surface area contributed by atoms with Gasteiger partial charge in [-0.1, -0.05) is 36.5 Å². The Hall–Kier alpha value is -2.04. The molecule has 1 aliphatic heterocycles. The number of anilines is 1. The summed E-state index contributed by atoms with van der Waals surface area (Å²) in [5.41, 5.74) is 5.58. The van der Waals surface area contributed by atoms with Crippen LogP contribution in [0.5, 0.6) is 0 Å². The average Bonchev–Trinajstić information content (AvgIpc) is 3.16. The van der Waals surface area contributed by atoms with Gasteiger partial charge < -0.3 is 4.90 Å². The first-order valence-corrected chi connectivity index (χ1v) is 8.44. The highest BCUT2D eigenvalue weighted by Gasteiger charge is 2.27. The second-order valence-electron chi connectivity index (χ2n) is 5.35. The lowest BCUT2D eigenvalue weighted by molar-refractivity contribution is 0.996. The van der Waals surface area contributed by atoms with Crippen LogP contribution in [0.2, 0.25) is 0 Å². The lowest BCUT2D eigenvalue weighted by Crippen LogP contribution is -2.22. The van der Waals surface area contributed by atoms with Gasteiger partial charge in [-0.05, 0) is 42.1 Å². The molecule has 0 radical (unpaired) electrons. The summed E-state index contributed by atoms with van der Waals surface area (Å²) in [6, 6.07) is 16.7. The number of hydrogen-bond acceptors (Lipinski definition) is 3. The van der Waals surface area contributed by atoms with Gasteiger partial charge in [0.15, 0.2) is 0 Å². The van der Waals surface area contributed by atoms with E-state index in [0.717, 1.165) is 28.5 Å². The molecule has 3 heterocycles. The maximum absolute atomic E-state index is 5.67.